The minimum Gasteiger partial charge on any atom is -0.494 e. The fourth-order valence-electron chi connectivity index (χ4n) is 3.83. The summed E-state index contributed by atoms with van der Waals surface area (Å²) in [4.78, 5) is 18.9. The van der Waals surface area contributed by atoms with E-state index in [4.69, 9.17) is 14.9 Å². The molecule has 2 aromatic rings. The van der Waals surface area contributed by atoms with Crippen LogP contribution in [0.15, 0.2) is 36.7 Å². The zero-order valence-electron chi connectivity index (χ0n) is 19.9. The molecule has 0 unspecified atom stereocenters. The summed E-state index contributed by atoms with van der Waals surface area (Å²) in [6, 6.07) is 7.66. The van der Waals surface area contributed by atoms with Crippen molar-refractivity contribution in [2.45, 2.75) is 89.9 Å². The summed E-state index contributed by atoms with van der Waals surface area (Å²) in [6.07, 6.45) is 20.5. The number of unbranched alkanes of at least 4 members (excludes halogenated alkanes) is 13. The van der Waals surface area contributed by atoms with Crippen molar-refractivity contribution in [3.05, 3.63) is 42.4 Å². The van der Waals surface area contributed by atoms with E-state index in [9.17, 15) is 4.79 Å². The summed E-state index contributed by atoms with van der Waals surface area (Å²) in [5.74, 6) is -0.243. The average molecular weight is 457 g/mol. The van der Waals surface area contributed by atoms with Crippen molar-refractivity contribution in [3.63, 3.8) is 0 Å². The number of carboxylic acid groups (broad SMARTS) is 1. The van der Waals surface area contributed by atoms with Gasteiger partial charge in [0.05, 0.1) is 24.7 Å². The van der Waals surface area contributed by atoms with Crippen molar-refractivity contribution >= 4 is 5.97 Å². The van der Waals surface area contributed by atoms with Crippen LogP contribution in [0.4, 0.5) is 0 Å². The molecular weight excluding hydrogens is 416 g/mol. The lowest BCUT2D eigenvalue weighted by atomic mass is 10.0. The van der Waals surface area contributed by atoms with Gasteiger partial charge in [0.1, 0.15) is 5.75 Å². The molecule has 1 aromatic carbocycles. The van der Waals surface area contributed by atoms with Crippen LogP contribution in [0.3, 0.4) is 0 Å². The minimum absolute atomic E-state index is 0.0594. The van der Waals surface area contributed by atoms with E-state index in [1.54, 1.807) is 0 Å². The zero-order valence-corrected chi connectivity index (χ0v) is 19.9. The van der Waals surface area contributed by atoms with Crippen molar-refractivity contribution in [2.24, 2.45) is 0 Å². The summed E-state index contributed by atoms with van der Waals surface area (Å²) in [6.45, 7) is 1.07. The van der Waals surface area contributed by atoms with Crippen LogP contribution in [0.2, 0.25) is 0 Å². The quantitative estimate of drug-likeness (QED) is 0.229. The van der Waals surface area contributed by atoms with Gasteiger partial charge in [-0.1, -0.05) is 77.0 Å². The molecule has 0 aliphatic carbocycles. The fourth-order valence-corrected chi connectivity index (χ4v) is 3.83. The first kappa shape index (κ1) is 26.8. The largest absolute Gasteiger partial charge is 0.494 e. The number of rotatable bonds is 19. The lowest BCUT2D eigenvalue weighted by Gasteiger charge is -2.07. The van der Waals surface area contributed by atoms with Gasteiger partial charge in [-0.05, 0) is 37.1 Å². The molecule has 0 radical (unpaired) electrons. The Labute approximate surface area is 198 Å². The molecule has 0 bridgehead atoms. The highest BCUT2D eigenvalue weighted by atomic mass is 16.5. The number of carbonyl (C=O) groups is 1. The molecule has 0 amide bonds. The van der Waals surface area contributed by atoms with Gasteiger partial charge in [-0.25, -0.2) is 9.78 Å². The van der Waals surface area contributed by atoms with Gasteiger partial charge in [-0.15, -0.1) is 0 Å². The summed E-state index contributed by atoms with van der Waals surface area (Å²) >= 11 is 0. The van der Waals surface area contributed by atoms with Crippen molar-refractivity contribution in [1.29, 1.82) is 0 Å². The SMILES string of the molecule is O=C(O)c1cnc(-c2ccc(OCCCCCCCCCCCCCCCCO)cc2)cn1. The number of aliphatic hydroxyl groups is 1. The first-order chi connectivity index (χ1) is 16.2. The van der Waals surface area contributed by atoms with E-state index >= 15 is 0 Å². The third-order valence-electron chi connectivity index (χ3n) is 5.84. The van der Waals surface area contributed by atoms with Gasteiger partial charge in [-0.3, -0.25) is 4.98 Å². The Morgan fingerprint density at radius 1 is 0.697 bits per heavy atom. The molecule has 33 heavy (non-hydrogen) atoms. The molecule has 0 saturated heterocycles. The second-order valence-electron chi connectivity index (χ2n) is 8.64. The van der Waals surface area contributed by atoms with Gasteiger partial charge in [0, 0.05) is 12.2 Å². The Morgan fingerprint density at radius 3 is 1.67 bits per heavy atom. The Bertz CT molecular complexity index is 763. The maximum atomic E-state index is 10.9. The number of aliphatic hydroxyl groups excluding tert-OH is 1. The minimum atomic E-state index is -1.08. The van der Waals surface area contributed by atoms with E-state index in [2.05, 4.69) is 9.97 Å². The molecule has 1 aromatic heterocycles. The average Bonchev–Trinajstić information content (AvgIpc) is 2.84. The van der Waals surface area contributed by atoms with Gasteiger partial charge in [0.15, 0.2) is 5.69 Å². The van der Waals surface area contributed by atoms with Gasteiger partial charge in [0.2, 0.25) is 0 Å². The van der Waals surface area contributed by atoms with Crippen molar-refractivity contribution < 1.29 is 19.7 Å². The summed E-state index contributed by atoms with van der Waals surface area (Å²) in [5.41, 5.74) is 1.46. The Hall–Kier alpha value is -2.47. The Balaban J connectivity index is 1.44. The van der Waals surface area contributed by atoms with E-state index in [1.807, 2.05) is 24.3 Å². The third-order valence-corrected chi connectivity index (χ3v) is 5.84. The summed E-state index contributed by atoms with van der Waals surface area (Å²) in [7, 11) is 0. The maximum Gasteiger partial charge on any atom is 0.356 e. The van der Waals surface area contributed by atoms with Crippen molar-refractivity contribution in [1.82, 2.24) is 9.97 Å². The number of carboxylic acids is 1. The van der Waals surface area contributed by atoms with E-state index in [0.29, 0.717) is 12.3 Å². The molecule has 6 heteroatoms. The van der Waals surface area contributed by atoms with E-state index in [0.717, 1.165) is 30.8 Å². The zero-order chi connectivity index (χ0) is 23.6. The number of nitrogens with zero attached hydrogens (tertiary/aromatic N) is 2. The maximum absolute atomic E-state index is 10.9. The predicted molar refractivity (Wildman–Crippen MR) is 132 cm³/mol. The molecule has 182 valence electrons. The highest BCUT2D eigenvalue weighted by Crippen LogP contribution is 2.20. The standard InChI is InChI=1S/C27H40N2O4/c30-19-13-11-9-7-5-3-1-2-4-6-8-10-12-14-20-33-24-17-15-23(16-18-24)25-21-29-26(22-28-25)27(31)32/h15-18,21-22,30H,1-14,19-20H2,(H,31,32). The second kappa shape index (κ2) is 17.1. The predicted octanol–water partition coefficient (Wildman–Crippen LogP) is 6.67. The van der Waals surface area contributed by atoms with Crippen LogP contribution in [-0.2, 0) is 0 Å². The van der Waals surface area contributed by atoms with Crippen LogP contribution in [0.1, 0.15) is 100 Å². The summed E-state index contributed by atoms with van der Waals surface area (Å²) < 4.78 is 5.83. The molecule has 0 saturated carbocycles. The molecule has 0 aliphatic heterocycles. The lowest BCUT2D eigenvalue weighted by molar-refractivity contribution is 0.0690. The van der Waals surface area contributed by atoms with Crippen LogP contribution >= 0.6 is 0 Å². The first-order valence-electron chi connectivity index (χ1n) is 12.6. The van der Waals surface area contributed by atoms with Crippen LogP contribution in [0.5, 0.6) is 5.75 Å². The molecule has 0 fully saturated rings. The van der Waals surface area contributed by atoms with Crippen LogP contribution < -0.4 is 4.74 Å². The van der Waals surface area contributed by atoms with E-state index in [-0.39, 0.29) is 5.69 Å². The molecule has 0 aliphatic rings. The van der Waals surface area contributed by atoms with Crippen molar-refractivity contribution in [2.75, 3.05) is 13.2 Å². The monoisotopic (exact) mass is 456 g/mol. The smallest absolute Gasteiger partial charge is 0.356 e. The Kier molecular flexibility index (Phi) is 13.8. The number of hydrogen-bond donors (Lipinski definition) is 2. The van der Waals surface area contributed by atoms with E-state index < -0.39 is 5.97 Å². The lowest BCUT2D eigenvalue weighted by Crippen LogP contribution is -2.01. The highest BCUT2D eigenvalue weighted by molar-refractivity contribution is 5.85. The van der Waals surface area contributed by atoms with Crippen LogP contribution in [0, 0.1) is 0 Å². The fraction of sp³-hybridized carbons (Fsp3) is 0.593. The van der Waals surface area contributed by atoms with Crippen LogP contribution in [0.25, 0.3) is 11.3 Å². The normalized spacial score (nSPS) is 10.9. The highest BCUT2D eigenvalue weighted by Gasteiger charge is 2.06. The van der Waals surface area contributed by atoms with Gasteiger partial charge < -0.3 is 14.9 Å². The number of ether oxygens (including phenoxy) is 1. The summed E-state index contributed by atoms with van der Waals surface area (Å²) in [5, 5.41) is 17.6. The number of benzene rings is 1. The molecular formula is C27H40N2O4. The number of hydrogen-bond acceptors (Lipinski definition) is 5. The van der Waals surface area contributed by atoms with Gasteiger partial charge in [-0.2, -0.15) is 0 Å². The molecule has 0 spiro atoms. The number of aromatic carboxylic acids is 1. The van der Waals surface area contributed by atoms with Crippen molar-refractivity contribution in [3.8, 4) is 17.0 Å². The Morgan fingerprint density at radius 2 is 1.21 bits per heavy atom. The molecule has 6 nitrogen and oxygen atoms in total. The first-order valence-corrected chi connectivity index (χ1v) is 12.6. The number of aromatic nitrogens is 2. The molecule has 2 N–H and O–H groups in total. The third kappa shape index (κ3) is 11.8. The molecule has 2 rings (SSSR count). The van der Waals surface area contributed by atoms with E-state index in [1.165, 1.54) is 89.4 Å². The molecule has 0 atom stereocenters. The molecule has 1 heterocycles. The topological polar surface area (TPSA) is 92.5 Å². The van der Waals surface area contributed by atoms with Crippen LogP contribution in [-0.4, -0.2) is 39.4 Å². The van der Waals surface area contributed by atoms with Gasteiger partial charge >= 0.3 is 5.97 Å². The van der Waals surface area contributed by atoms with Gasteiger partial charge in [0.25, 0.3) is 0 Å². The second-order valence-corrected chi connectivity index (χ2v) is 8.64.